The molecular weight excluding hydrogens is 276 g/mol. The van der Waals surface area contributed by atoms with Crippen molar-refractivity contribution in [3.8, 4) is 0 Å². The Morgan fingerprint density at radius 3 is 2.65 bits per heavy atom. The molecule has 1 saturated heterocycles. The van der Waals surface area contributed by atoms with E-state index in [1.54, 1.807) is 29.4 Å². The number of hydrogen-bond donors (Lipinski definition) is 0. The molecule has 0 bridgehead atoms. The van der Waals surface area contributed by atoms with Gasteiger partial charge in [-0.1, -0.05) is 13.3 Å². The number of nitrogens with zero attached hydrogens (tertiary/aromatic N) is 2. The van der Waals surface area contributed by atoms with E-state index in [2.05, 4.69) is 11.9 Å². The number of hydrogen-bond acceptors (Lipinski definition) is 4. The number of carbonyl (C=O) groups is 1. The lowest BCUT2D eigenvalue weighted by Crippen LogP contribution is -2.41. The summed E-state index contributed by atoms with van der Waals surface area (Å²) >= 11 is 0. The summed E-state index contributed by atoms with van der Waals surface area (Å²) in [5.74, 6) is 0.181. The molecule has 110 valence electrons. The van der Waals surface area contributed by atoms with Gasteiger partial charge in [0.1, 0.15) is 0 Å². The maximum atomic E-state index is 12.6. The van der Waals surface area contributed by atoms with Crippen LogP contribution in [0.15, 0.2) is 24.5 Å². The van der Waals surface area contributed by atoms with E-state index >= 15 is 0 Å². The molecule has 6 heteroatoms. The minimum Gasteiger partial charge on any atom is -0.335 e. The van der Waals surface area contributed by atoms with Gasteiger partial charge < -0.3 is 4.90 Å². The molecule has 1 aliphatic heterocycles. The Bertz CT molecular complexity index is 557. The predicted octanol–water partition coefficient (Wildman–Crippen LogP) is 1.51. The minimum absolute atomic E-state index is 0.0908. The maximum absolute atomic E-state index is 12.6. The summed E-state index contributed by atoms with van der Waals surface area (Å²) in [5, 5.41) is 0. The molecule has 1 amide bonds. The van der Waals surface area contributed by atoms with Crippen LogP contribution in [0.25, 0.3) is 0 Å². The van der Waals surface area contributed by atoms with E-state index in [0.717, 1.165) is 12.8 Å². The fraction of sp³-hybridized carbons (Fsp3) is 0.571. The number of sulfone groups is 1. The number of aromatic nitrogens is 1. The number of carbonyl (C=O) groups excluding carboxylic acids is 1. The molecule has 1 unspecified atom stereocenters. The third kappa shape index (κ3) is 3.56. The largest absolute Gasteiger partial charge is 0.335 e. The van der Waals surface area contributed by atoms with Crippen LogP contribution in [-0.4, -0.2) is 48.3 Å². The molecule has 0 N–H and O–H groups in total. The molecule has 2 heterocycles. The van der Waals surface area contributed by atoms with E-state index in [1.807, 2.05) is 0 Å². The van der Waals surface area contributed by atoms with Crippen molar-refractivity contribution >= 4 is 15.7 Å². The van der Waals surface area contributed by atoms with E-state index in [1.165, 1.54) is 0 Å². The summed E-state index contributed by atoms with van der Waals surface area (Å²) in [4.78, 5) is 18.2. The molecule has 1 aromatic heterocycles. The Morgan fingerprint density at radius 2 is 2.10 bits per heavy atom. The van der Waals surface area contributed by atoms with Gasteiger partial charge in [-0.25, -0.2) is 8.42 Å². The summed E-state index contributed by atoms with van der Waals surface area (Å²) in [6.07, 6.45) is 5.56. The van der Waals surface area contributed by atoms with Crippen LogP contribution < -0.4 is 0 Å². The maximum Gasteiger partial charge on any atom is 0.254 e. The van der Waals surface area contributed by atoms with Crippen LogP contribution in [0.4, 0.5) is 0 Å². The van der Waals surface area contributed by atoms with Crippen LogP contribution in [-0.2, 0) is 9.84 Å². The lowest BCUT2D eigenvalue weighted by atomic mass is 10.1. The van der Waals surface area contributed by atoms with Gasteiger partial charge in [0.25, 0.3) is 5.91 Å². The van der Waals surface area contributed by atoms with Crippen molar-refractivity contribution in [3.05, 3.63) is 30.1 Å². The summed E-state index contributed by atoms with van der Waals surface area (Å²) in [5.41, 5.74) is 0.570. The Hall–Kier alpha value is -1.43. The molecule has 1 fully saturated rings. The van der Waals surface area contributed by atoms with Gasteiger partial charge in [-0.15, -0.1) is 0 Å². The third-order valence-corrected chi connectivity index (χ3v) is 5.34. The number of rotatable bonds is 5. The second-order valence-corrected chi connectivity index (χ2v) is 7.37. The second-order valence-electron chi connectivity index (χ2n) is 5.14. The van der Waals surface area contributed by atoms with Gasteiger partial charge in [0.05, 0.1) is 11.5 Å². The normalized spacial score (nSPS) is 20.8. The zero-order valence-corrected chi connectivity index (χ0v) is 12.5. The topological polar surface area (TPSA) is 67.3 Å². The first-order valence-corrected chi connectivity index (χ1v) is 8.77. The number of amides is 1. The second kappa shape index (κ2) is 6.35. The van der Waals surface area contributed by atoms with Crippen LogP contribution in [0.2, 0.25) is 0 Å². The molecule has 0 radical (unpaired) electrons. The van der Waals surface area contributed by atoms with Crippen LogP contribution >= 0.6 is 0 Å². The van der Waals surface area contributed by atoms with Crippen LogP contribution in [0.3, 0.4) is 0 Å². The highest BCUT2D eigenvalue weighted by Crippen LogP contribution is 2.20. The highest BCUT2D eigenvalue weighted by Gasteiger charge is 2.34. The molecule has 0 spiro atoms. The summed E-state index contributed by atoms with van der Waals surface area (Å²) in [6, 6.07) is 3.15. The van der Waals surface area contributed by atoms with E-state index < -0.39 is 9.84 Å². The number of pyridine rings is 1. The molecule has 1 aromatic rings. The first-order valence-electron chi connectivity index (χ1n) is 6.95. The van der Waals surface area contributed by atoms with Crippen LogP contribution in [0.1, 0.15) is 36.5 Å². The molecule has 1 atom stereocenters. The first kappa shape index (κ1) is 15.0. The average molecular weight is 296 g/mol. The smallest absolute Gasteiger partial charge is 0.254 e. The van der Waals surface area contributed by atoms with Crippen molar-refractivity contribution in [2.24, 2.45) is 0 Å². The van der Waals surface area contributed by atoms with Crippen molar-refractivity contribution in [1.29, 1.82) is 0 Å². The molecular formula is C14H20N2O3S. The van der Waals surface area contributed by atoms with Crippen LogP contribution in [0.5, 0.6) is 0 Å². The van der Waals surface area contributed by atoms with Gasteiger partial charge in [-0.2, -0.15) is 0 Å². The van der Waals surface area contributed by atoms with Crippen molar-refractivity contribution in [2.75, 3.05) is 18.1 Å². The summed E-state index contributed by atoms with van der Waals surface area (Å²) in [6.45, 7) is 2.67. The van der Waals surface area contributed by atoms with Gasteiger partial charge >= 0.3 is 0 Å². The fourth-order valence-corrected chi connectivity index (χ4v) is 4.19. The highest BCUT2D eigenvalue weighted by molar-refractivity contribution is 7.91. The van der Waals surface area contributed by atoms with Crippen molar-refractivity contribution in [1.82, 2.24) is 9.88 Å². The summed E-state index contributed by atoms with van der Waals surface area (Å²) < 4.78 is 23.3. The van der Waals surface area contributed by atoms with Gasteiger partial charge in [0.2, 0.25) is 0 Å². The molecule has 2 rings (SSSR count). The lowest BCUT2D eigenvalue weighted by Gasteiger charge is -2.28. The zero-order chi connectivity index (χ0) is 14.6. The Labute approximate surface area is 119 Å². The standard InChI is InChI=1S/C14H20N2O3S/c1-2-3-9-16(13-6-10-20(18,19)11-13)14(17)12-4-7-15-8-5-12/h4-5,7-8,13H,2-3,6,9-11H2,1H3. The molecule has 0 aromatic carbocycles. The average Bonchev–Trinajstić information content (AvgIpc) is 2.80. The molecule has 20 heavy (non-hydrogen) atoms. The van der Waals surface area contributed by atoms with Crippen LogP contribution in [0, 0.1) is 0 Å². The van der Waals surface area contributed by atoms with E-state index in [0.29, 0.717) is 18.5 Å². The predicted molar refractivity (Wildman–Crippen MR) is 77.2 cm³/mol. The summed E-state index contributed by atoms with van der Waals surface area (Å²) in [7, 11) is -2.99. The monoisotopic (exact) mass is 296 g/mol. The van der Waals surface area contributed by atoms with Gasteiger partial charge in [0, 0.05) is 30.5 Å². The molecule has 1 aliphatic rings. The lowest BCUT2D eigenvalue weighted by molar-refractivity contribution is 0.0694. The quantitative estimate of drug-likeness (QED) is 0.826. The van der Waals surface area contributed by atoms with Gasteiger partial charge in [0.15, 0.2) is 9.84 Å². The Kier molecular flexibility index (Phi) is 4.75. The SMILES string of the molecule is CCCCN(C(=O)c1ccncc1)C1CCS(=O)(=O)C1. The number of unbranched alkanes of at least 4 members (excludes halogenated alkanes) is 1. The van der Waals surface area contributed by atoms with E-state index in [-0.39, 0.29) is 23.5 Å². The third-order valence-electron chi connectivity index (χ3n) is 3.59. The van der Waals surface area contributed by atoms with Gasteiger partial charge in [-0.3, -0.25) is 9.78 Å². The van der Waals surface area contributed by atoms with E-state index in [4.69, 9.17) is 0 Å². The molecule has 0 saturated carbocycles. The van der Waals surface area contributed by atoms with Crippen molar-refractivity contribution in [2.45, 2.75) is 32.2 Å². The zero-order valence-electron chi connectivity index (χ0n) is 11.7. The highest BCUT2D eigenvalue weighted by atomic mass is 32.2. The van der Waals surface area contributed by atoms with E-state index in [9.17, 15) is 13.2 Å². The fourth-order valence-electron chi connectivity index (χ4n) is 2.46. The van der Waals surface area contributed by atoms with Crippen molar-refractivity contribution < 1.29 is 13.2 Å². The Balaban J connectivity index is 2.17. The molecule has 5 nitrogen and oxygen atoms in total. The van der Waals surface area contributed by atoms with Gasteiger partial charge in [-0.05, 0) is 25.0 Å². The first-order chi connectivity index (χ1) is 9.53. The molecule has 0 aliphatic carbocycles. The Morgan fingerprint density at radius 1 is 1.40 bits per heavy atom. The minimum atomic E-state index is -2.99. The van der Waals surface area contributed by atoms with Crippen molar-refractivity contribution in [3.63, 3.8) is 0 Å².